The molecular weight excluding hydrogens is 412 g/mol. The molecule has 1 aromatic carbocycles. The van der Waals surface area contributed by atoms with Gasteiger partial charge in [0.1, 0.15) is 6.04 Å². The topological polar surface area (TPSA) is 105 Å². The fourth-order valence-corrected chi connectivity index (χ4v) is 3.58. The fourth-order valence-electron chi connectivity index (χ4n) is 3.58. The number of nitrogens with one attached hydrogen (secondary N) is 1. The zero-order chi connectivity index (χ0) is 23.3. The number of urea groups is 1. The van der Waals surface area contributed by atoms with Crippen LogP contribution in [0.2, 0.25) is 0 Å². The number of aliphatic hydroxyl groups excluding tert-OH is 1. The third-order valence-corrected chi connectivity index (χ3v) is 5.37. The van der Waals surface area contributed by atoms with Crippen LogP contribution in [0.5, 0.6) is 0 Å². The lowest BCUT2D eigenvalue weighted by atomic mass is 10.0. The molecule has 1 aromatic rings. The predicted molar refractivity (Wildman–Crippen MR) is 121 cm³/mol. The Morgan fingerprint density at radius 3 is 2.50 bits per heavy atom. The van der Waals surface area contributed by atoms with Crippen LogP contribution in [0.25, 0.3) is 0 Å². The van der Waals surface area contributed by atoms with Gasteiger partial charge in [0.25, 0.3) is 5.91 Å². The van der Waals surface area contributed by atoms with Crippen LogP contribution in [0, 0.1) is 0 Å². The second kappa shape index (κ2) is 13.9. The average Bonchev–Trinajstić information content (AvgIpc) is 3.07. The van der Waals surface area contributed by atoms with Gasteiger partial charge < -0.3 is 14.6 Å². The van der Waals surface area contributed by atoms with Crippen molar-refractivity contribution >= 4 is 23.6 Å². The minimum Gasteiger partial charge on any atom is -0.466 e. The van der Waals surface area contributed by atoms with Crippen LogP contribution < -0.4 is 10.2 Å². The number of anilines is 1. The number of amides is 3. The zero-order valence-corrected chi connectivity index (χ0v) is 19.2. The first-order valence-electron chi connectivity index (χ1n) is 11.6. The van der Waals surface area contributed by atoms with Gasteiger partial charge in [-0.15, -0.1) is 0 Å². The second-order valence-electron chi connectivity index (χ2n) is 8.01. The van der Waals surface area contributed by atoms with E-state index in [0.29, 0.717) is 51.2 Å². The largest absolute Gasteiger partial charge is 0.466 e. The second-order valence-corrected chi connectivity index (χ2v) is 8.01. The van der Waals surface area contributed by atoms with E-state index in [4.69, 9.17) is 9.47 Å². The van der Waals surface area contributed by atoms with Gasteiger partial charge in [0.2, 0.25) is 0 Å². The molecule has 1 unspecified atom stereocenters. The van der Waals surface area contributed by atoms with Gasteiger partial charge in [-0.3, -0.25) is 19.8 Å². The summed E-state index contributed by atoms with van der Waals surface area (Å²) >= 11 is 0. The van der Waals surface area contributed by atoms with E-state index < -0.39 is 18.2 Å². The number of esters is 1. The number of carbonyl (C=O) groups excluding carboxylic acids is 3. The Kier molecular flexibility index (Phi) is 11.2. The SMILES string of the molecule is CCCCCC(O)c1ccc(N2C(=O)NC(=O)[C@@H]2CCOCCCC(=O)OCCC)cc1. The van der Waals surface area contributed by atoms with Crippen molar-refractivity contribution in [3.05, 3.63) is 29.8 Å². The third kappa shape index (κ3) is 7.91. The smallest absolute Gasteiger partial charge is 0.329 e. The molecule has 178 valence electrons. The molecule has 0 spiro atoms. The summed E-state index contributed by atoms with van der Waals surface area (Å²) in [5.41, 5.74) is 1.40. The lowest BCUT2D eigenvalue weighted by molar-refractivity contribution is -0.144. The zero-order valence-electron chi connectivity index (χ0n) is 19.2. The molecule has 0 aliphatic carbocycles. The van der Waals surface area contributed by atoms with E-state index in [1.165, 1.54) is 4.90 Å². The normalized spacial score (nSPS) is 16.8. The summed E-state index contributed by atoms with van der Waals surface area (Å²) in [6.45, 7) is 5.17. The molecule has 0 radical (unpaired) electrons. The number of rotatable bonds is 15. The van der Waals surface area contributed by atoms with Crippen LogP contribution in [-0.2, 0) is 19.1 Å². The number of unbranched alkanes of at least 4 members (excludes halogenated alkanes) is 2. The van der Waals surface area contributed by atoms with E-state index in [-0.39, 0.29) is 11.9 Å². The molecule has 8 heteroatoms. The molecule has 0 saturated carbocycles. The lowest BCUT2D eigenvalue weighted by Crippen LogP contribution is -2.36. The van der Waals surface area contributed by atoms with Gasteiger partial charge >= 0.3 is 12.0 Å². The van der Waals surface area contributed by atoms with E-state index in [1.54, 1.807) is 24.3 Å². The van der Waals surface area contributed by atoms with Gasteiger partial charge in [-0.05, 0) is 37.0 Å². The van der Waals surface area contributed by atoms with Crippen LogP contribution in [-0.4, -0.2) is 48.9 Å². The highest BCUT2D eigenvalue weighted by molar-refractivity contribution is 6.14. The van der Waals surface area contributed by atoms with Gasteiger partial charge in [-0.25, -0.2) is 4.79 Å². The first-order valence-corrected chi connectivity index (χ1v) is 11.6. The molecular formula is C24H36N2O6. The van der Waals surface area contributed by atoms with Crippen molar-refractivity contribution in [3.8, 4) is 0 Å². The average molecular weight is 449 g/mol. The summed E-state index contributed by atoms with van der Waals surface area (Å²) in [7, 11) is 0. The minimum absolute atomic E-state index is 0.235. The Hall–Kier alpha value is -2.45. The van der Waals surface area contributed by atoms with Crippen LogP contribution >= 0.6 is 0 Å². The monoisotopic (exact) mass is 448 g/mol. The molecule has 1 aliphatic rings. The molecule has 3 amide bonds. The van der Waals surface area contributed by atoms with Crippen molar-refractivity contribution in [2.75, 3.05) is 24.7 Å². The summed E-state index contributed by atoms with van der Waals surface area (Å²) in [5, 5.41) is 12.7. The van der Waals surface area contributed by atoms with Crippen molar-refractivity contribution in [2.24, 2.45) is 0 Å². The number of ether oxygens (including phenoxy) is 2. The Bertz CT molecular complexity index is 737. The molecule has 1 saturated heterocycles. The highest BCUT2D eigenvalue weighted by atomic mass is 16.5. The Morgan fingerprint density at radius 2 is 1.81 bits per heavy atom. The Morgan fingerprint density at radius 1 is 1.06 bits per heavy atom. The molecule has 1 fully saturated rings. The molecule has 2 N–H and O–H groups in total. The molecule has 2 rings (SSSR count). The summed E-state index contributed by atoms with van der Waals surface area (Å²) < 4.78 is 10.6. The van der Waals surface area contributed by atoms with E-state index in [2.05, 4.69) is 12.2 Å². The van der Waals surface area contributed by atoms with Crippen LogP contribution in [0.4, 0.5) is 10.5 Å². The molecule has 0 aromatic heterocycles. The first-order chi connectivity index (χ1) is 15.5. The molecule has 0 bridgehead atoms. The van der Waals surface area contributed by atoms with Gasteiger partial charge in [-0.1, -0.05) is 45.2 Å². The van der Waals surface area contributed by atoms with Crippen molar-refractivity contribution in [1.82, 2.24) is 5.32 Å². The number of nitrogens with zero attached hydrogens (tertiary/aromatic N) is 1. The summed E-state index contributed by atoms with van der Waals surface area (Å²) in [4.78, 5) is 37.5. The fraction of sp³-hybridized carbons (Fsp3) is 0.625. The first kappa shape index (κ1) is 25.8. The molecule has 1 heterocycles. The highest BCUT2D eigenvalue weighted by Gasteiger charge is 2.39. The van der Waals surface area contributed by atoms with Gasteiger partial charge in [-0.2, -0.15) is 0 Å². The van der Waals surface area contributed by atoms with Crippen molar-refractivity contribution in [3.63, 3.8) is 0 Å². The number of hydrogen-bond acceptors (Lipinski definition) is 6. The summed E-state index contributed by atoms with van der Waals surface area (Å²) in [6.07, 6.45) is 5.29. The van der Waals surface area contributed by atoms with E-state index >= 15 is 0 Å². The van der Waals surface area contributed by atoms with E-state index in [9.17, 15) is 19.5 Å². The maximum atomic E-state index is 12.3. The number of benzene rings is 1. The van der Waals surface area contributed by atoms with Crippen LogP contribution in [0.3, 0.4) is 0 Å². The predicted octanol–water partition coefficient (Wildman–Crippen LogP) is 3.87. The van der Waals surface area contributed by atoms with Crippen LogP contribution in [0.1, 0.15) is 76.9 Å². The van der Waals surface area contributed by atoms with Crippen molar-refractivity contribution in [1.29, 1.82) is 0 Å². The lowest BCUT2D eigenvalue weighted by Gasteiger charge is -2.22. The third-order valence-electron chi connectivity index (χ3n) is 5.37. The standard InChI is InChI=1S/C24H36N2O6/c1-3-5-6-8-21(27)18-10-12-19(13-11-18)26-20(23(29)25-24(26)30)14-17-31-16-7-9-22(28)32-15-4-2/h10-13,20-21,27H,3-9,14-17H2,1-2H3,(H,25,29,30)/t20-,21?/m0/s1. The van der Waals surface area contributed by atoms with E-state index in [1.807, 2.05) is 6.92 Å². The van der Waals surface area contributed by atoms with Gasteiger partial charge in [0.15, 0.2) is 0 Å². The van der Waals surface area contributed by atoms with Gasteiger partial charge in [0.05, 0.1) is 12.7 Å². The number of aliphatic hydroxyl groups is 1. The Balaban J connectivity index is 1.83. The van der Waals surface area contributed by atoms with Crippen molar-refractivity contribution in [2.45, 2.75) is 77.4 Å². The summed E-state index contributed by atoms with van der Waals surface area (Å²) in [6, 6.07) is 5.99. The number of carbonyl (C=O) groups is 3. The molecule has 2 atom stereocenters. The van der Waals surface area contributed by atoms with E-state index in [0.717, 1.165) is 31.2 Å². The molecule has 32 heavy (non-hydrogen) atoms. The number of hydrogen-bond donors (Lipinski definition) is 2. The maximum absolute atomic E-state index is 12.3. The van der Waals surface area contributed by atoms with Crippen LogP contribution in [0.15, 0.2) is 24.3 Å². The number of imide groups is 1. The van der Waals surface area contributed by atoms with Crippen molar-refractivity contribution < 1.29 is 29.0 Å². The minimum atomic E-state index is -0.655. The molecule has 1 aliphatic heterocycles. The maximum Gasteiger partial charge on any atom is 0.329 e. The van der Waals surface area contributed by atoms with Gasteiger partial charge in [0, 0.05) is 31.7 Å². The molecule has 8 nitrogen and oxygen atoms in total. The summed E-state index contributed by atoms with van der Waals surface area (Å²) in [5.74, 6) is -0.591. The highest BCUT2D eigenvalue weighted by Crippen LogP contribution is 2.26. The Labute approximate surface area is 190 Å². The quantitative estimate of drug-likeness (QED) is 0.240.